The molecule has 1 saturated heterocycles. The summed E-state index contributed by atoms with van der Waals surface area (Å²) < 4.78 is 5.13. The predicted molar refractivity (Wildman–Crippen MR) is 68.4 cm³/mol. The second kappa shape index (κ2) is 4.92. The highest BCUT2D eigenvalue weighted by Gasteiger charge is 2.30. The molecule has 0 aliphatic carbocycles. The van der Waals surface area contributed by atoms with Crippen molar-refractivity contribution in [1.29, 1.82) is 5.26 Å². The molecule has 1 aromatic carbocycles. The van der Waals surface area contributed by atoms with Crippen LogP contribution in [0.5, 0.6) is 5.75 Å². The SMILES string of the molecule is C=CC1CC(=O)N(c2cc(OC)ccc2C#N)C1. The van der Waals surface area contributed by atoms with Gasteiger partial charge in [-0.2, -0.15) is 5.26 Å². The van der Waals surface area contributed by atoms with Crippen LogP contribution in [0.2, 0.25) is 0 Å². The van der Waals surface area contributed by atoms with Crippen molar-refractivity contribution in [3.63, 3.8) is 0 Å². The molecule has 1 fully saturated rings. The molecule has 1 amide bonds. The number of nitriles is 1. The maximum atomic E-state index is 11.9. The lowest BCUT2D eigenvalue weighted by Gasteiger charge is -2.18. The molecule has 18 heavy (non-hydrogen) atoms. The van der Waals surface area contributed by atoms with Gasteiger partial charge in [-0.05, 0) is 12.1 Å². The first-order chi connectivity index (χ1) is 8.69. The number of hydrogen-bond donors (Lipinski definition) is 0. The average molecular weight is 242 g/mol. The van der Waals surface area contributed by atoms with E-state index in [-0.39, 0.29) is 11.8 Å². The molecule has 0 spiro atoms. The van der Waals surface area contributed by atoms with Crippen molar-refractivity contribution in [3.05, 3.63) is 36.4 Å². The van der Waals surface area contributed by atoms with E-state index in [4.69, 9.17) is 10.00 Å². The zero-order valence-electron chi connectivity index (χ0n) is 10.2. The van der Waals surface area contributed by atoms with Crippen molar-refractivity contribution < 1.29 is 9.53 Å². The van der Waals surface area contributed by atoms with Gasteiger partial charge < -0.3 is 9.64 Å². The first kappa shape index (κ1) is 12.2. The summed E-state index contributed by atoms with van der Waals surface area (Å²) in [5, 5.41) is 9.10. The molecule has 1 aliphatic rings. The summed E-state index contributed by atoms with van der Waals surface area (Å²) in [6.07, 6.45) is 2.23. The Kier molecular flexibility index (Phi) is 3.33. The smallest absolute Gasteiger partial charge is 0.227 e. The summed E-state index contributed by atoms with van der Waals surface area (Å²) in [4.78, 5) is 13.6. The number of carbonyl (C=O) groups is 1. The minimum Gasteiger partial charge on any atom is -0.497 e. The van der Waals surface area contributed by atoms with Crippen LogP contribution in [-0.2, 0) is 4.79 Å². The van der Waals surface area contributed by atoms with Crippen LogP contribution in [0.1, 0.15) is 12.0 Å². The average Bonchev–Trinajstić information content (AvgIpc) is 2.79. The van der Waals surface area contributed by atoms with E-state index in [1.165, 1.54) is 0 Å². The van der Waals surface area contributed by atoms with Gasteiger partial charge in [-0.25, -0.2) is 0 Å². The summed E-state index contributed by atoms with van der Waals surface area (Å²) in [6.45, 7) is 4.29. The molecular weight excluding hydrogens is 228 g/mol. The fraction of sp³-hybridized carbons (Fsp3) is 0.286. The molecule has 1 atom stereocenters. The van der Waals surface area contributed by atoms with Crippen LogP contribution in [0.3, 0.4) is 0 Å². The second-order valence-corrected chi connectivity index (χ2v) is 4.20. The first-order valence-corrected chi connectivity index (χ1v) is 5.70. The molecule has 1 unspecified atom stereocenters. The Balaban J connectivity index is 2.41. The highest BCUT2D eigenvalue weighted by molar-refractivity contribution is 5.97. The number of ether oxygens (including phenoxy) is 1. The number of nitrogens with zero attached hydrogens (tertiary/aromatic N) is 2. The van der Waals surface area contributed by atoms with E-state index in [0.717, 1.165) is 0 Å². The van der Waals surface area contributed by atoms with Gasteiger partial charge in [0.25, 0.3) is 0 Å². The Morgan fingerprint density at radius 3 is 2.94 bits per heavy atom. The predicted octanol–water partition coefficient (Wildman–Crippen LogP) is 2.11. The zero-order valence-corrected chi connectivity index (χ0v) is 10.2. The molecule has 1 aromatic rings. The zero-order chi connectivity index (χ0) is 13.1. The minimum absolute atomic E-state index is 0.0182. The molecule has 4 heteroatoms. The summed E-state index contributed by atoms with van der Waals surface area (Å²) in [6, 6.07) is 7.21. The Morgan fingerprint density at radius 2 is 2.39 bits per heavy atom. The van der Waals surface area contributed by atoms with Crippen LogP contribution >= 0.6 is 0 Å². The van der Waals surface area contributed by atoms with Crippen LogP contribution in [0.25, 0.3) is 0 Å². The van der Waals surface area contributed by atoms with Crippen LogP contribution in [0, 0.1) is 17.2 Å². The van der Waals surface area contributed by atoms with Crippen LogP contribution in [-0.4, -0.2) is 19.6 Å². The quantitative estimate of drug-likeness (QED) is 0.763. The van der Waals surface area contributed by atoms with E-state index in [1.54, 1.807) is 36.3 Å². The summed E-state index contributed by atoms with van der Waals surface area (Å²) in [7, 11) is 1.56. The molecule has 1 heterocycles. The van der Waals surface area contributed by atoms with E-state index in [0.29, 0.717) is 30.0 Å². The van der Waals surface area contributed by atoms with Crippen molar-refractivity contribution in [1.82, 2.24) is 0 Å². The van der Waals surface area contributed by atoms with E-state index in [1.807, 2.05) is 0 Å². The molecule has 4 nitrogen and oxygen atoms in total. The number of rotatable bonds is 3. The number of benzene rings is 1. The van der Waals surface area contributed by atoms with Crippen molar-refractivity contribution in [2.24, 2.45) is 5.92 Å². The van der Waals surface area contributed by atoms with Crippen LogP contribution in [0.15, 0.2) is 30.9 Å². The van der Waals surface area contributed by atoms with E-state index in [2.05, 4.69) is 12.6 Å². The summed E-state index contributed by atoms with van der Waals surface area (Å²) in [5.41, 5.74) is 1.10. The largest absolute Gasteiger partial charge is 0.497 e. The standard InChI is InChI=1S/C14H14N2O2/c1-3-10-6-14(17)16(9-10)13-7-12(18-2)5-4-11(13)8-15/h3-5,7,10H,1,6,9H2,2H3. The molecule has 1 aliphatic heterocycles. The monoisotopic (exact) mass is 242 g/mol. The third-order valence-corrected chi connectivity index (χ3v) is 3.10. The van der Waals surface area contributed by atoms with Gasteiger partial charge in [0.2, 0.25) is 5.91 Å². The van der Waals surface area contributed by atoms with Crippen molar-refractivity contribution in [2.45, 2.75) is 6.42 Å². The van der Waals surface area contributed by atoms with E-state index in [9.17, 15) is 4.79 Å². The van der Waals surface area contributed by atoms with Gasteiger partial charge in [0, 0.05) is 24.9 Å². The van der Waals surface area contributed by atoms with Gasteiger partial charge in [0.05, 0.1) is 18.4 Å². The van der Waals surface area contributed by atoms with Gasteiger partial charge in [0.15, 0.2) is 0 Å². The normalized spacial score (nSPS) is 18.6. The minimum atomic E-state index is 0.0182. The lowest BCUT2D eigenvalue weighted by atomic mass is 10.1. The van der Waals surface area contributed by atoms with Gasteiger partial charge in [-0.3, -0.25) is 4.79 Å². The topological polar surface area (TPSA) is 53.3 Å². The highest BCUT2D eigenvalue weighted by atomic mass is 16.5. The Morgan fingerprint density at radius 1 is 1.61 bits per heavy atom. The third-order valence-electron chi connectivity index (χ3n) is 3.10. The fourth-order valence-electron chi connectivity index (χ4n) is 2.08. The molecule has 0 saturated carbocycles. The van der Waals surface area contributed by atoms with Gasteiger partial charge in [-0.15, -0.1) is 6.58 Å². The number of anilines is 1. The first-order valence-electron chi connectivity index (χ1n) is 5.70. The maximum absolute atomic E-state index is 11.9. The number of amides is 1. The maximum Gasteiger partial charge on any atom is 0.227 e. The molecule has 2 rings (SSSR count). The van der Waals surface area contributed by atoms with Gasteiger partial charge >= 0.3 is 0 Å². The van der Waals surface area contributed by atoms with Crippen molar-refractivity contribution >= 4 is 11.6 Å². The van der Waals surface area contributed by atoms with E-state index >= 15 is 0 Å². The van der Waals surface area contributed by atoms with Crippen LogP contribution in [0.4, 0.5) is 5.69 Å². The molecule has 0 bridgehead atoms. The number of hydrogen-bond acceptors (Lipinski definition) is 3. The summed E-state index contributed by atoms with van der Waals surface area (Å²) in [5.74, 6) is 0.804. The second-order valence-electron chi connectivity index (χ2n) is 4.20. The molecular formula is C14H14N2O2. The highest BCUT2D eigenvalue weighted by Crippen LogP contribution is 2.31. The number of methoxy groups -OCH3 is 1. The van der Waals surface area contributed by atoms with Crippen molar-refractivity contribution in [2.75, 3.05) is 18.6 Å². The molecule has 92 valence electrons. The van der Waals surface area contributed by atoms with Crippen molar-refractivity contribution in [3.8, 4) is 11.8 Å². The Hall–Kier alpha value is -2.28. The molecule has 0 N–H and O–H groups in total. The van der Waals surface area contributed by atoms with Gasteiger partial charge in [-0.1, -0.05) is 6.08 Å². The Bertz CT molecular complexity index is 531. The molecule has 0 aromatic heterocycles. The lowest BCUT2D eigenvalue weighted by Crippen LogP contribution is -2.25. The number of carbonyl (C=O) groups excluding carboxylic acids is 1. The summed E-state index contributed by atoms with van der Waals surface area (Å²) >= 11 is 0. The fourth-order valence-corrected chi connectivity index (χ4v) is 2.08. The Labute approximate surface area is 106 Å². The lowest BCUT2D eigenvalue weighted by molar-refractivity contribution is -0.117. The van der Waals surface area contributed by atoms with Crippen LogP contribution < -0.4 is 9.64 Å². The molecule has 0 radical (unpaired) electrons. The van der Waals surface area contributed by atoms with E-state index < -0.39 is 0 Å². The third kappa shape index (κ3) is 2.07. The van der Waals surface area contributed by atoms with Gasteiger partial charge in [0.1, 0.15) is 11.8 Å².